The Labute approximate surface area is 176 Å². The van der Waals surface area contributed by atoms with Crippen molar-refractivity contribution in [3.8, 4) is 0 Å². The third-order valence-corrected chi connectivity index (χ3v) is 5.98. The van der Waals surface area contributed by atoms with Gasteiger partial charge in [0.2, 0.25) is 5.91 Å². The molecule has 1 aliphatic carbocycles. The van der Waals surface area contributed by atoms with E-state index in [2.05, 4.69) is 34.5 Å². The van der Waals surface area contributed by atoms with Crippen LogP contribution in [0.5, 0.6) is 0 Å². The summed E-state index contributed by atoms with van der Waals surface area (Å²) < 4.78 is 0. The van der Waals surface area contributed by atoms with Crippen LogP contribution in [-0.4, -0.2) is 29.4 Å². The highest BCUT2D eigenvalue weighted by Crippen LogP contribution is 2.31. The summed E-state index contributed by atoms with van der Waals surface area (Å²) >= 11 is 0. The maximum Gasteiger partial charge on any atom is 0.225 e. The summed E-state index contributed by atoms with van der Waals surface area (Å²) in [6.07, 6.45) is 8.05. The first kappa shape index (κ1) is 24.2. The van der Waals surface area contributed by atoms with Crippen molar-refractivity contribution in [3.63, 3.8) is 0 Å². The molecular formula is C21H35Cl2N3O. The van der Waals surface area contributed by atoms with Gasteiger partial charge in [0.15, 0.2) is 0 Å². The lowest BCUT2D eigenvalue weighted by Gasteiger charge is -2.37. The fourth-order valence-electron chi connectivity index (χ4n) is 4.34. The smallest absolute Gasteiger partial charge is 0.225 e. The minimum atomic E-state index is -0.365. The second-order valence-corrected chi connectivity index (χ2v) is 8.13. The largest absolute Gasteiger partial charge is 0.352 e. The predicted molar refractivity (Wildman–Crippen MR) is 116 cm³/mol. The minimum Gasteiger partial charge on any atom is -0.352 e. The van der Waals surface area contributed by atoms with Gasteiger partial charge in [-0.1, -0.05) is 43.5 Å². The van der Waals surface area contributed by atoms with E-state index >= 15 is 0 Å². The summed E-state index contributed by atoms with van der Waals surface area (Å²) in [5, 5.41) is 3.16. The SMILES string of the molecule is CC1(N)CCCCC1C(=O)NCc1ccccc1CN1CCCCC1.Cl.Cl. The van der Waals surface area contributed by atoms with Crippen molar-refractivity contribution in [2.75, 3.05) is 13.1 Å². The molecular weight excluding hydrogens is 381 g/mol. The second-order valence-electron chi connectivity index (χ2n) is 8.13. The third kappa shape index (κ3) is 6.63. The van der Waals surface area contributed by atoms with Gasteiger partial charge in [-0.25, -0.2) is 0 Å². The minimum absolute atomic E-state index is 0. The Morgan fingerprint density at radius 1 is 1.11 bits per heavy atom. The zero-order valence-corrected chi connectivity index (χ0v) is 18.0. The highest BCUT2D eigenvalue weighted by Gasteiger charge is 2.37. The van der Waals surface area contributed by atoms with Crippen molar-refractivity contribution in [1.82, 2.24) is 10.2 Å². The molecule has 1 aromatic rings. The first-order valence-corrected chi connectivity index (χ1v) is 9.92. The fraction of sp³-hybridized carbons (Fsp3) is 0.667. The maximum atomic E-state index is 12.7. The van der Waals surface area contributed by atoms with Gasteiger partial charge in [0.25, 0.3) is 0 Å². The molecule has 1 aliphatic heterocycles. The Morgan fingerprint density at radius 2 is 1.78 bits per heavy atom. The number of nitrogens with zero attached hydrogens (tertiary/aromatic N) is 1. The lowest BCUT2D eigenvalue weighted by Crippen LogP contribution is -2.52. The van der Waals surface area contributed by atoms with Crippen LogP contribution < -0.4 is 11.1 Å². The van der Waals surface area contributed by atoms with E-state index in [9.17, 15) is 4.79 Å². The molecule has 154 valence electrons. The molecule has 2 aliphatic rings. The number of carbonyl (C=O) groups excluding carboxylic acids is 1. The molecule has 1 amide bonds. The van der Waals surface area contributed by atoms with E-state index in [4.69, 9.17) is 5.73 Å². The molecule has 1 heterocycles. The number of likely N-dealkylation sites (tertiary alicyclic amines) is 1. The Balaban J connectivity index is 0.00000182. The summed E-state index contributed by atoms with van der Waals surface area (Å²) in [7, 11) is 0. The monoisotopic (exact) mass is 415 g/mol. The first-order chi connectivity index (χ1) is 12.1. The number of carbonyl (C=O) groups is 1. The van der Waals surface area contributed by atoms with Gasteiger partial charge in [0, 0.05) is 18.6 Å². The number of amides is 1. The zero-order valence-electron chi connectivity index (χ0n) is 16.4. The van der Waals surface area contributed by atoms with Gasteiger partial charge in [-0.3, -0.25) is 9.69 Å². The molecule has 1 saturated heterocycles. The van der Waals surface area contributed by atoms with Gasteiger partial charge in [-0.2, -0.15) is 0 Å². The van der Waals surface area contributed by atoms with Crippen LogP contribution in [0.15, 0.2) is 24.3 Å². The van der Waals surface area contributed by atoms with E-state index in [1.807, 2.05) is 6.92 Å². The number of hydrogen-bond acceptors (Lipinski definition) is 3. The average molecular weight is 416 g/mol. The van der Waals surface area contributed by atoms with E-state index in [0.717, 1.165) is 32.2 Å². The van der Waals surface area contributed by atoms with Gasteiger partial charge in [0.1, 0.15) is 0 Å². The van der Waals surface area contributed by atoms with Gasteiger partial charge in [0.05, 0.1) is 5.92 Å². The summed E-state index contributed by atoms with van der Waals surface area (Å²) in [6, 6.07) is 8.50. The normalized spacial score (nSPS) is 25.8. The summed E-state index contributed by atoms with van der Waals surface area (Å²) in [5.41, 5.74) is 8.58. The molecule has 0 spiro atoms. The molecule has 3 rings (SSSR count). The van der Waals surface area contributed by atoms with Crippen molar-refractivity contribution in [3.05, 3.63) is 35.4 Å². The number of benzene rings is 1. The Bertz CT molecular complexity index is 589. The molecule has 4 nitrogen and oxygen atoms in total. The average Bonchev–Trinajstić information content (AvgIpc) is 2.61. The van der Waals surface area contributed by atoms with E-state index in [1.165, 1.54) is 43.5 Å². The molecule has 6 heteroatoms. The van der Waals surface area contributed by atoms with Crippen molar-refractivity contribution in [1.29, 1.82) is 0 Å². The van der Waals surface area contributed by atoms with Crippen molar-refractivity contribution in [2.24, 2.45) is 11.7 Å². The van der Waals surface area contributed by atoms with E-state index in [1.54, 1.807) is 0 Å². The fourth-order valence-corrected chi connectivity index (χ4v) is 4.34. The standard InChI is InChI=1S/C21H33N3O.2ClH/c1-21(22)12-6-5-11-19(21)20(25)23-15-17-9-3-4-10-18(17)16-24-13-7-2-8-14-24;;/h3-4,9-10,19H,2,5-8,11-16,22H2,1H3,(H,23,25);2*1H. The molecule has 1 saturated carbocycles. The number of nitrogens with two attached hydrogens (primary N) is 1. The van der Waals surface area contributed by atoms with Crippen LogP contribution in [0.4, 0.5) is 0 Å². The van der Waals surface area contributed by atoms with E-state index in [0.29, 0.717) is 6.54 Å². The maximum absolute atomic E-state index is 12.7. The molecule has 3 N–H and O–H groups in total. The Hall–Kier alpha value is -0.810. The van der Waals surface area contributed by atoms with Crippen LogP contribution in [0, 0.1) is 5.92 Å². The Morgan fingerprint density at radius 3 is 2.44 bits per heavy atom. The molecule has 2 fully saturated rings. The zero-order chi connectivity index (χ0) is 17.7. The first-order valence-electron chi connectivity index (χ1n) is 9.92. The second kappa shape index (κ2) is 11.3. The third-order valence-electron chi connectivity index (χ3n) is 5.98. The number of hydrogen-bond donors (Lipinski definition) is 2. The number of halogens is 2. The van der Waals surface area contributed by atoms with Crippen LogP contribution in [0.2, 0.25) is 0 Å². The summed E-state index contributed by atoms with van der Waals surface area (Å²) in [6.45, 7) is 6.00. The van der Waals surface area contributed by atoms with Gasteiger partial charge >= 0.3 is 0 Å². The van der Waals surface area contributed by atoms with Gasteiger partial charge in [-0.15, -0.1) is 24.8 Å². The topological polar surface area (TPSA) is 58.4 Å². The summed E-state index contributed by atoms with van der Waals surface area (Å²) in [4.78, 5) is 15.2. The molecule has 0 bridgehead atoms. The van der Waals surface area contributed by atoms with Crippen LogP contribution in [0.1, 0.15) is 63.0 Å². The molecule has 2 atom stereocenters. The van der Waals surface area contributed by atoms with Crippen LogP contribution >= 0.6 is 24.8 Å². The van der Waals surface area contributed by atoms with Crippen molar-refractivity contribution < 1.29 is 4.79 Å². The van der Waals surface area contributed by atoms with Gasteiger partial charge in [-0.05, 0) is 56.8 Å². The Kier molecular flexibility index (Phi) is 10.1. The number of nitrogens with one attached hydrogen (secondary N) is 1. The van der Waals surface area contributed by atoms with Gasteiger partial charge < -0.3 is 11.1 Å². The van der Waals surface area contributed by atoms with Crippen LogP contribution in [0.25, 0.3) is 0 Å². The molecule has 27 heavy (non-hydrogen) atoms. The van der Waals surface area contributed by atoms with Crippen molar-refractivity contribution >= 4 is 30.7 Å². The quantitative estimate of drug-likeness (QED) is 0.762. The molecule has 0 aromatic heterocycles. The van der Waals surface area contributed by atoms with E-state index < -0.39 is 0 Å². The molecule has 2 unspecified atom stereocenters. The lowest BCUT2D eigenvalue weighted by molar-refractivity contribution is -0.128. The molecule has 0 radical (unpaired) electrons. The molecule has 1 aromatic carbocycles. The van der Waals surface area contributed by atoms with E-state index in [-0.39, 0.29) is 42.2 Å². The number of piperidine rings is 1. The van der Waals surface area contributed by atoms with Crippen molar-refractivity contribution in [2.45, 2.75) is 70.5 Å². The lowest BCUT2D eigenvalue weighted by atomic mass is 9.74. The number of rotatable bonds is 5. The highest BCUT2D eigenvalue weighted by molar-refractivity contribution is 5.85. The van der Waals surface area contributed by atoms with Crippen LogP contribution in [0.3, 0.4) is 0 Å². The van der Waals surface area contributed by atoms with Crippen LogP contribution in [-0.2, 0) is 17.9 Å². The predicted octanol–water partition coefficient (Wildman–Crippen LogP) is 4.04. The highest BCUT2D eigenvalue weighted by atomic mass is 35.5. The summed E-state index contributed by atoms with van der Waals surface area (Å²) in [5.74, 6) is 0.0629.